The summed E-state index contributed by atoms with van der Waals surface area (Å²) in [7, 11) is 0. The molecule has 1 heterocycles. The molecule has 1 aliphatic heterocycles. The number of nitrogens with one attached hydrogen (secondary N) is 1. The van der Waals surface area contributed by atoms with Crippen LogP contribution < -0.4 is 10.2 Å². The summed E-state index contributed by atoms with van der Waals surface area (Å²) in [5.41, 5.74) is 0.812. The number of hydrogen-bond donors (Lipinski definition) is 1. The maximum Gasteiger partial charge on any atom is 0.229 e. The number of hydrogen-bond acceptors (Lipinski definition) is 2. The molecule has 90 valence electrons. The van der Waals surface area contributed by atoms with Crippen molar-refractivity contribution in [2.24, 2.45) is 0 Å². The second-order valence-corrected chi connectivity index (χ2v) is 4.52. The molecule has 0 bridgehead atoms. The van der Waals surface area contributed by atoms with Gasteiger partial charge in [0.25, 0.3) is 0 Å². The van der Waals surface area contributed by atoms with Gasteiger partial charge in [0.1, 0.15) is 0 Å². The Kier molecular flexibility index (Phi) is 3.33. The average molecular weight is 253 g/mol. The highest BCUT2D eigenvalue weighted by molar-refractivity contribution is 6.30. The van der Waals surface area contributed by atoms with Crippen LogP contribution in [-0.4, -0.2) is 24.4 Å². The van der Waals surface area contributed by atoms with Gasteiger partial charge in [-0.25, -0.2) is 0 Å². The van der Waals surface area contributed by atoms with Gasteiger partial charge >= 0.3 is 0 Å². The largest absolute Gasteiger partial charge is 0.351 e. The van der Waals surface area contributed by atoms with E-state index >= 15 is 0 Å². The minimum Gasteiger partial charge on any atom is -0.351 e. The number of amides is 2. The van der Waals surface area contributed by atoms with E-state index < -0.39 is 0 Å². The standard InChI is InChI=1S/C12H13ClN2O2/c1-8(16)14-10-6-12(17)15(7-10)11-4-2-9(13)3-5-11/h2-5,10H,6-7H2,1H3,(H,14,16)/t10-/m0/s1. The molecule has 1 saturated heterocycles. The van der Waals surface area contributed by atoms with Crippen LogP contribution >= 0.6 is 11.6 Å². The van der Waals surface area contributed by atoms with Gasteiger partial charge in [-0.1, -0.05) is 11.6 Å². The lowest BCUT2D eigenvalue weighted by molar-refractivity contribution is -0.119. The fourth-order valence-electron chi connectivity index (χ4n) is 1.96. The quantitative estimate of drug-likeness (QED) is 0.869. The van der Waals surface area contributed by atoms with Crippen LogP contribution in [0.15, 0.2) is 24.3 Å². The third-order valence-corrected chi connectivity index (χ3v) is 2.92. The molecular formula is C12H13ClN2O2. The number of nitrogens with zero attached hydrogens (tertiary/aromatic N) is 1. The molecule has 5 heteroatoms. The van der Waals surface area contributed by atoms with E-state index in [2.05, 4.69) is 5.32 Å². The minimum absolute atomic E-state index is 0.0195. The lowest BCUT2D eigenvalue weighted by Gasteiger charge is -2.16. The predicted molar refractivity (Wildman–Crippen MR) is 66.0 cm³/mol. The van der Waals surface area contributed by atoms with Crippen molar-refractivity contribution in [2.45, 2.75) is 19.4 Å². The zero-order chi connectivity index (χ0) is 12.4. The molecule has 2 amide bonds. The Balaban J connectivity index is 2.10. The number of rotatable bonds is 2. The molecule has 2 rings (SSSR count). The van der Waals surface area contributed by atoms with Gasteiger partial charge in [0, 0.05) is 30.6 Å². The molecule has 1 aromatic rings. The molecule has 4 nitrogen and oxygen atoms in total. The van der Waals surface area contributed by atoms with Crippen molar-refractivity contribution in [1.29, 1.82) is 0 Å². The summed E-state index contributed by atoms with van der Waals surface area (Å²) in [5.74, 6) is -0.0909. The fourth-order valence-corrected chi connectivity index (χ4v) is 2.09. The molecule has 0 saturated carbocycles. The SMILES string of the molecule is CC(=O)N[C@H]1CC(=O)N(c2ccc(Cl)cc2)C1. The molecule has 1 atom stereocenters. The molecular weight excluding hydrogens is 240 g/mol. The lowest BCUT2D eigenvalue weighted by Crippen LogP contribution is -2.35. The minimum atomic E-state index is -0.110. The molecule has 0 aliphatic carbocycles. The first kappa shape index (κ1) is 11.9. The smallest absolute Gasteiger partial charge is 0.229 e. The maximum absolute atomic E-state index is 11.8. The van der Waals surface area contributed by atoms with Crippen LogP contribution in [0.5, 0.6) is 0 Å². The van der Waals surface area contributed by atoms with Gasteiger partial charge in [0.2, 0.25) is 11.8 Å². The first-order chi connectivity index (χ1) is 8.06. The normalized spacial score (nSPS) is 19.5. The van der Waals surface area contributed by atoms with E-state index in [1.807, 2.05) is 0 Å². The maximum atomic E-state index is 11.8. The van der Waals surface area contributed by atoms with Crippen molar-refractivity contribution in [1.82, 2.24) is 5.32 Å². The summed E-state index contributed by atoms with van der Waals surface area (Å²) in [4.78, 5) is 24.4. The van der Waals surface area contributed by atoms with Crippen LogP contribution in [0.4, 0.5) is 5.69 Å². The summed E-state index contributed by atoms with van der Waals surface area (Å²) in [6, 6.07) is 6.99. The number of benzene rings is 1. The van der Waals surface area contributed by atoms with Gasteiger partial charge in [0.05, 0.1) is 6.04 Å². The molecule has 0 unspecified atom stereocenters. The van der Waals surface area contributed by atoms with Crippen molar-refractivity contribution in [3.05, 3.63) is 29.3 Å². The Morgan fingerprint density at radius 1 is 1.41 bits per heavy atom. The van der Waals surface area contributed by atoms with Crippen molar-refractivity contribution >= 4 is 29.1 Å². The highest BCUT2D eigenvalue weighted by Gasteiger charge is 2.30. The molecule has 1 N–H and O–H groups in total. The highest BCUT2D eigenvalue weighted by Crippen LogP contribution is 2.23. The van der Waals surface area contributed by atoms with E-state index in [9.17, 15) is 9.59 Å². The number of carbonyl (C=O) groups is 2. The summed E-state index contributed by atoms with van der Waals surface area (Å²) in [5, 5.41) is 3.39. The van der Waals surface area contributed by atoms with Crippen LogP contribution in [0.2, 0.25) is 5.02 Å². The summed E-state index contributed by atoms with van der Waals surface area (Å²) in [6.45, 7) is 1.97. The van der Waals surface area contributed by atoms with E-state index in [4.69, 9.17) is 11.6 Å². The van der Waals surface area contributed by atoms with E-state index in [1.54, 1.807) is 29.2 Å². The zero-order valence-corrected chi connectivity index (χ0v) is 10.2. The topological polar surface area (TPSA) is 49.4 Å². The highest BCUT2D eigenvalue weighted by atomic mass is 35.5. The van der Waals surface area contributed by atoms with Gasteiger partial charge in [-0.15, -0.1) is 0 Å². The Hall–Kier alpha value is -1.55. The van der Waals surface area contributed by atoms with E-state index in [0.29, 0.717) is 18.0 Å². The van der Waals surface area contributed by atoms with Crippen molar-refractivity contribution in [2.75, 3.05) is 11.4 Å². The van der Waals surface area contributed by atoms with Gasteiger partial charge in [-0.3, -0.25) is 9.59 Å². The van der Waals surface area contributed by atoms with Crippen molar-refractivity contribution < 1.29 is 9.59 Å². The van der Waals surface area contributed by atoms with Crippen molar-refractivity contribution in [3.8, 4) is 0 Å². The molecule has 17 heavy (non-hydrogen) atoms. The molecule has 1 fully saturated rings. The summed E-state index contributed by atoms with van der Waals surface area (Å²) in [6.07, 6.45) is 0.349. The third kappa shape index (κ3) is 2.77. The first-order valence-electron chi connectivity index (χ1n) is 5.39. The fraction of sp³-hybridized carbons (Fsp3) is 0.333. The Bertz CT molecular complexity index is 444. The van der Waals surface area contributed by atoms with Gasteiger partial charge in [-0.2, -0.15) is 0 Å². The second kappa shape index (κ2) is 4.75. The van der Waals surface area contributed by atoms with Gasteiger partial charge in [0.15, 0.2) is 0 Å². The molecule has 0 aromatic heterocycles. The lowest BCUT2D eigenvalue weighted by atomic mass is 10.2. The number of carbonyl (C=O) groups excluding carboxylic acids is 2. The first-order valence-corrected chi connectivity index (χ1v) is 5.77. The average Bonchev–Trinajstić information content (AvgIpc) is 2.59. The van der Waals surface area contributed by atoms with E-state index in [1.165, 1.54) is 6.92 Å². The third-order valence-electron chi connectivity index (χ3n) is 2.67. The Labute approximate surface area is 105 Å². The Morgan fingerprint density at radius 3 is 2.65 bits per heavy atom. The van der Waals surface area contributed by atoms with Crippen LogP contribution in [-0.2, 0) is 9.59 Å². The second-order valence-electron chi connectivity index (χ2n) is 4.08. The molecule has 0 spiro atoms. The van der Waals surface area contributed by atoms with Crippen LogP contribution in [0.1, 0.15) is 13.3 Å². The summed E-state index contributed by atoms with van der Waals surface area (Å²) >= 11 is 5.79. The van der Waals surface area contributed by atoms with Gasteiger partial charge in [-0.05, 0) is 24.3 Å². The van der Waals surface area contributed by atoms with Gasteiger partial charge < -0.3 is 10.2 Å². The molecule has 1 aromatic carbocycles. The van der Waals surface area contributed by atoms with Crippen LogP contribution in [0, 0.1) is 0 Å². The monoisotopic (exact) mass is 252 g/mol. The molecule has 1 aliphatic rings. The Morgan fingerprint density at radius 2 is 2.06 bits per heavy atom. The summed E-state index contributed by atoms with van der Waals surface area (Å²) < 4.78 is 0. The molecule has 0 radical (unpaired) electrons. The number of halogens is 1. The van der Waals surface area contributed by atoms with Crippen LogP contribution in [0.3, 0.4) is 0 Å². The zero-order valence-electron chi connectivity index (χ0n) is 9.44. The van der Waals surface area contributed by atoms with E-state index in [-0.39, 0.29) is 17.9 Å². The van der Waals surface area contributed by atoms with E-state index in [0.717, 1.165) is 5.69 Å². The predicted octanol–water partition coefficient (Wildman–Crippen LogP) is 1.58. The number of anilines is 1. The van der Waals surface area contributed by atoms with Crippen molar-refractivity contribution in [3.63, 3.8) is 0 Å². The van der Waals surface area contributed by atoms with Crippen LogP contribution in [0.25, 0.3) is 0 Å².